The number of esters is 2. The molecule has 0 radical (unpaired) electrons. The quantitative estimate of drug-likeness (QED) is 0.0235. The Morgan fingerprint density at radius 3 is 1.53 bits per heavy atom. The fraction of sp³-hybridized carbons (Fsp3) is 0.829. The van der Waals surface area contributed by atoms with Crippen molar-refractivity contribution in [2.45, 2.75) is 199 Å². The number of rotatable bonds is 39. The van der Waals surface area contributed by atoms with Crippen LogP contribution < -0.4 is 5.73 Å². The number of phosphoric ester groups is 1. The Bertz CT molecular complexity index is 1010. The first-order chi connectivity index (χ1) is 25.6. The van der Waals surface area contributed by atoms with Gasteiger partial charge >= 0.3 is 25.7 Å². The van der Waals surface area contributed by atoms with Crippen LogP contribution >= 0.6 is 7.82 Å². The topological polar surface area (TPSA) is 172 Å². The number of phosphoric acid groups is 1. The van der Waals surface area contributed by atoms with Crippen LogP contribution in [0.3, 0.4) is 0 Å². The molecule has 53 heavy (non-hydrogen) atoms. The number of unbranched alkanes of at least 4 members (excludes halogenated alkanes) is 21. The molecule has 0 heterocycles. The third-order valence-electron chi connectivity index (χ3n) is 8.95. The van der Waals surface area contributed by atoms with Gasteiger partial charge < -0.3 is 25.2 Å². The lowest BCUT2D eigenvalue weighted by Crippen LogP contribution is -2.34. The second-order valence-corrected chi connectivity index (χ2v) is 15.6. The lowest BCUT2D eigenvalue weighted by molar-refractivity contribution is -0.161. The van der Waals surface area contributed by atoms with Crippen LogP contribution in [0.2, 0.25) is 0 Å². The summed E-state index contributed by atoms with van der Waals surface area (Å²) in [6.45, 7) is 2.75. The molecular weight excluding hydrogens is 697 g/mol. The molecule has 0 amide bonds. The normalized spacial score (nSPS) is 14.0. The van der Waals surface area contributed by atoms with Crippen molar-refractivity contribution in [3.63, 3.8) is 0 Å². The summed E-state index contributed by atoms with van der Waals surface area (Å²) in [6.07, 6.45) is 36.7. The van der Waals surface area contributed by atoms with E-state index in [4.69, 9.17) is 24.8 Å². The van der Waals surface area contributed by atoms with Gasteiger partial charge in [0.2, 0.25) is 0 Å². The standard InChI is InChI=1S/C41H76NO10P/c1-3-5-7-9-11-13-15-17-19-21-22-24-26-28-30-32-39(43)49-34-37(35-50-53(47,48)51-36-38(42)41(45)46)52-40(44)33-31-29-27-25-23-20-18-16-14-12-10-8-6-4-2/h10,12,16,18,37-38H,3-9,11,13-15,17,19-36,42H2,1-2H3,(H,45,46)(H,47,48)/b12-10-,18-16-/t37-,38+/m1/s1. The van der Waals surface area contributed by atoms with E-state index >= 15 is 0 Å². The minimum atomic E-state index is -4.71. The molecule has 11 nitrogen and oxygen atoms in total. The average Bonchev–Trinajstić information content (AvgIpc) is 3.13. The third-order valence-corrected chi connectivity index (χ3v) is 9.90. The summed E-state index contributed by atoms with van der Waals surface area (Å²) in [4.78, 5) is 45.9. The summed E-state index contributed by atoms with van der Waals surface area (Å²) in [5, 5.41) is 8.87. The van der Waals surface area contributed by atoms with Crippen molar-refractivity contribution < 1.29 is 47.5 Å². The molecule has 0 aliphatic heterocycles. The van der Waals surface area contributed by atoms with Gasteiger partial charge in [-0.25, -0.2) is 4.57 Å². The predicted octanol–water partition coefficient (Wildman–Crippen LogP) is 10.7. The summed E-state index contributed by atoms with van der Waals surface area (Å²) < 4.78 is 32.6. The molecule has 4 N–H and O–H groups in total. The molecule has 0 aliphatic rings. The molecule has 1 unspecified atom stereocenters. The van der Waals surface area contributed by atoms with Gasteiger partial charge in [-0.05, 0) is 38.5 Å². The highest BCUT2D eigenvalue weighted by atomic mass is 31.2. The van der Waals surface area contributed by atoms with Gasteiger partial charge in [0.15, 0.2) is 6.10 Å². The zero-order chi connectivity index (χ0) is 39.3. The Hall–Kier alpha value is -2.04. The number of carboxylic acids is 1. The third kappa shape index (κ3) is 36.7. The van der Waals surface area contributed by atoms with E-state index in [1.165, 1.54) is 83.5 Å². The second-order valence-electron chi connectivity index (χ2n) is 14.1. The smallest absolute Gasteiger partial charge is 0.472 e. The highest BCUT2D eigenvalue weighted by Crippen LogP contribution is 2.43. The number of allylic oxidation sites excluding steroid dienone is 4. The zero-order valence-corrected chi connectivity index (χ0v) is 34.3. The maximum absolute atomic E-state index is 12.6. The van der Waals surface area contributed by atoms with E-state index in [2.05, 4.69) is 42.7 Å². The summed E-state index contributed by atoms with van der Waals surface area (Å²) in [5.74, 6) is -2.39. The number of carbonyl (C=O) groups is 3. The van der Waals surface area contributed by atoms with Gasteiger partial charge in [-0.15, -0.1) is 0 Å². The summed E-state index contributed by atoms with van der Waals surface area (Å²) in [5.41, 5.74) is 5.32. The molecule has 0 aliphatic carbocycles. The summed E-state index contributed by atoms with van der Waals surface area (Å²) in [6, 6.07) is -1.52. The first-order valence-corrected chi connectivity index (χ1v) is 22.4. The molecule has 0 spiro atoms. The van der Waals surface area contributed by atoms with Gasteiger partial charge in [0.05, 0.1) is 13.2 Å². The highest BCUT2D eigenvalue weighted by molar-refractivity contribution is 7.47. The summed E-state index contributed by atoms with van der Waals surface area (Å²) in [7, 11) is -4.71. The fourth-order valence-electron chi connectivity index (χ4n) is 5.61. The predicted molar refractivity (Wildman–Crippen MR) is 212 cm³/mol. The Morgan fingerprint density at radius 1 is 0.585 bits per heavy atom. The molecule has 0 rings (SSSR count). The molecule has 0 aromatic carbocycles. The van der Waals surface area contributed by atoms with Crippen molar-refractivity contribution in [2.24, 2.45) is 5.73 Å². The minimum Gasteiger partial charge on any atom is -0.480 e. The van der Waals surface area contributed by atoms with Crippen LogP contribution in [0.5, 0.6) is 0 Å². The largest absolute Gasteiger partial charge is 0.480 e. The first-order valence-electron chi connectivity index (χ1n) is 20.9. The lowest BCUT2D eigenvalue weighted by atomic mass is 10.0. The molecule has 310 valence electrons. The molecule has 3 atom stereocenters. The summed E-state index contributed by atoms with van der Waals surface area (Å²) >= 11 is 0. The Labute approximate surface area is 321 Å². The van der Waals surface area contributed by atoms with Crippen molar-refractivity contribution >= 4 is 25.7 Å². The van der Waals surface area contributed by atoms with Crippen LogP contribution in [0.4, 0.5) is 0 Å². The molecule has 12 heteroatoms. The number of carboxylic acid groups (broad SMARTS) is 1. The SMILES string of the molecule is CCCC/C=C\C/C=C\CCCCCCCC(=O)O[C@H](COC(=O)CCCCCCCCCCCCCCCCC)COP(=O)(O)OC[C@H](N)C(=O)O. The van der Waals surface area contributed by atoms with E-state index in [0.717, 1.165) is 64.2 Å². The molecule has 0 aromatic heterocycles. The monoisotopic (exact) mass is 774 g/mol. The second kappa shape index (κ2) is 36.9. The highest BCUT2D eigenvalue weighted by Gasteiger charge is 2.28. The first kappa shape index (κ1) is 51.0. The van der Waals surface area contributed by atoms with E-state index in [0.29, 0.717) is 12.8 Å². The maximum Gasteiger partial charge on any atom is 0.472 e. The van der Waals surface area contributed by atoms with Crippen LogP contribution in [0.1, 0.15) is 187 Å². The van der Waals surface area contributed by atoms with Crippen molar-refractivity contribution in [1.29, 1.82) is 0 Å². The fourth-order valence-corrected chi connectivity index (χ4v) is 6.39. The van der Waals surface area contributed by atoms with Crippen LogP contribution in [-0.4, -0.2) is 59.9 Å². The van der Waals surface area contributed by atoms with Gasteiger partial charge in [0.25, 0.3) is 0 Å². The number of carbonyl (C=O) groups excluding carboxylic acids is 2. The van der Waals surface area contributed by atoms with Gasteiger partial charge in [0.1, 0.15) is 12.6 Å². The number of hydrogen-bond acceptors (Lipinski definition) is 9. The number of hydrogen-bond donors (Lipinski definition) is 3. The van der Waals surface area contributed by atoms with E-state index in [-0.39, 0.29) is 19.4 Å². The van der Waals surface area contributed by atoms with Crippen molar-refractivity contribution in [1.82, 2.24) is 0 Å². The lowest BCUT2D eigenvalue weighted by Gasteiger charge is -2.20. The Kier molecular flexibility index (Phi) is 35.5. The number of nitrogens with two attached hydrogens (primary N) is 1. The molecule has 0 bridgehead atoms. The van der Waals surface area contributed by atoms with Crippen molar-refractivity contribution in [2.75, 3.05) is 19.8 Å². The van der Waals surface area contributed by atoms with E-state index in [1.54, 1.807) is 0 Å². The van der Waals surface area contributed by atoms with Gasteiger partial charge in [-0.2, -0.15) is 0 Å². The van der Waals surface area contributed by atoms with E-state index in [9.17, 15) is 23.8 Å². The number of ether oxygens (including phenoxy) is 2. The van der Waals surface area contributed by atoms with Gasteiger partial charge in [-0.3, -0.25) is 23.4 Å². The van der Waals surface area contributed by atoms with Crippen molar-refractivity contribution in [3.8, 4) is 0 Å². The number of aliphatic carboxylic acids is 1. The maximum atomic E-state index is 12.6. The molecule has 0 saturated carbocycles. The molecular formula is C41H76NO10P. The Morgan fingerprint density at radius 2 is 1.02 bits per heavy atom. The van der Waals surface area contributed by atoms with Crippen LogP contribution in [0.15, 0.2) is 24.3 Å². The molecule has 0 fully saturated rings. The van der Waals surface area contributed by atoms with Crippen LogP contribution in [0.25, 0.3) is 0 Å². The van der Waals surface area contributed by atoms with E-state index < -0.39 is 51.1 Å². The van der Waals surface area contributed by atoms with Crippen LogP contribution in [0, 0.1) is 0 Å². The van der Waals surface area contributed by atoms with Gasteiger partial charge in [0, 0.05) is 12.8 Å². The average molecular weight is 774 g/mol. The van der Waals surface area contributed by atoms with Crippen LogP contribution in [-0.2, 0) is 37.5 Å². The van der Waals surface area contributed by atoms with Gasteiger partial charge in [-0.1, -0.05) is 160 Å². The van der Waals surface area contributed by atoms with Crippen molar-refractivity contribution in [3.05, 3.63) is 24.3 Å². The van der Waals surface area contributed by atoms with E-state index in [1.807, 2.05) is 0 Å². The minimum absolute atomic E-state index is 0.147. The molecule has 0 aromatic rings. The zero-order valence-electron chi connectivity index (χ0n) is 33.4. The molecule has 0 saturated heterocycles. The Balaban J connectivity index is 4.39.